The summed E-state index contributed by atoms with van der Waals surface area (Å²) in [5, 5.41) is 8.42. The van der Waals surface area contributed by atoms with E-state index in [1.807, 2.05) is 19.1 Å². The Morgan fingerprint density at radius 3 is 2.58 bits per heavy atom. The molecule has 1 aromatic heterocycles. The molecule has 0 fully saturated rings. The first-order valence-corrected chi connectivity index (χ1v) is 3.35. The number of hydrogen-bond donors (Lipinski definition) is 1. The van der Waals surface area contributed by atoms with Gasteiger partial charge in [-0.25, -0.2) is 4.98 Å². The van der Waals surface area contributed by atoms with E-state index in [0.29, 0.717) is 5.69 Å². The summed E-state index contributed by atoms with van der Waals surface area (Å²) in [5.74, 6) is 0. The largest absolute Gasteiger partial charge is 0.324 e. The minimum absolute atomic E-state index is 0. The molecule has 1 unspecified atom stereocenters. The summed E-state index contributed by atoms with van der Waals surface area (Å²) in [6.45, 7) is 1.88. The molecule has 0 amide bonds. The Morgan fingerprint density at radius 2 is 2.25 bits per heavy atom. The molecule has 2 N–H and O–H groups in total. The van der Waals surface area contributed by atoms with E-state index in [2.05, 4.69) is 4.98 Å². The third-order valence-electron chi connectivity index (χ3n) is 1.43. The number of pyridine rings is 1. The van der Waals surface area contributed by atoms with Crippen LogP contribution in [0.1, 0.15) is 24.2 Å². The standard InChI is InChI=1S/C8H9N3.ClH/c1-6(10)7-2-3-8(4-9)11-5-7;/h2-3,5-6H,10H2,1H3;1H. The molecule has 1 atom stereocenters. The van der Waals surface area contributed by atoms with Gasteiger partial charge in [-0.3, -0.25) is 0 Å². The Morgan fingerprint density at radius 1 is 1.58 bits per heavy atom. The molecule has 64 valence electrons. The predicted molar refractivity (Wildman–Crippen MR) is 48.8 cm³/mol. The molecule has 0 aromatic carbocycles. The zero-order valence-electron chi connectivity index (χ0n) is 6.69. The zero-order valence-corrected chi connectivity index (χ0v) is 7.51. The van der Waals surface area contributed by atoms with Crippen LogP contribution in [0.2, 0.25) is 0 Å². The van der Waals surface area contributed by atoms with Gasteiger partial charge < -0.3 is 5.73 Å². The van der Waals surface area contributed by atoms with Crippen molar-refractivity contribution >= 4 is 12.4 Å². The molecule has 0 saturated heterocycles. The Hall–Kier alpha value is -1.11. The van der Waals surface area contributed by atoms with Gasteiger partial charge >= 0.3 is 0 Å². The van der Waals surface area contributed by atoms with Gasteiger partial charge in [0.05, 0.1) is 0 Å². The molecule has 0 aliphatic rings. The van der Waals surface area contributed by atoms with Crippen LogP contribution >= 0.6 is 12.4 Å². The van der Waals surface area contributed by atoms with Crippen molar-refractivity contribution in [2.24, 2.45) is 5.73 Å². The van der Waals surface area contributed by atoms with E-state index in [1.165, 1.54) is 0 Å². The van der Waals surface area contributed by atoms with Crippen LogP contribution in [0.3, 0.4) is 0 Å². The number of hydrogen-bond acceptors (Lipinski definition) is 3. The minimum atomic E-state index is -0.0183. The van der Waals surface area contributed by atoms with E-state index in [-0.39, 0.29) is 18.4 Å². The normalized spacial score (nSPS) is 11.1. The molecule has 1 rings (SSSR count). The van der Waals surface area contributed by atoms with E-state index < -0.39 is 0 Å². The van der Waals surface area contributed by atoms with Crippen molar-refractivity contribution in [3.05, 3.63) is 29.6 Å². The molecule has 1 aromatic rings. The molecule has 0 saturated carbocycles. The summed E-state index contributed by atoms with van der Waals surface area (Å²) in [6.07, 6.45) is 1.63. The van der Waals surface area contributed by atoms with Crippen molar-refractivity contribution in [1.82, 2.24) is 4.98 Å². The van der Waals surface area contributed by atoms with Gasteiger partial charge in [0.2, 0.25) is 0 Å². The Bertz CT molecular complexity index is 273. The SMILES string of the molecule is CC(N)c1ccc(C#N)nc1.Cl. The van der Waals surface area contributed by atoms with Gasteiger partial charge in [0, 0.05) is 12.2 Å². The molecule has 3 nitrogen and oxygen atoms in total. The monoisotopic (exact) mass is 183 g/mol. The second-order valence-corrected chi connectivity index (χ2v) is 2.38. The second-order valence-electron chi connectivity index (χ2n) is 2.38. The maximum absolute atomic E-state index is 8.42. The van der Waals surface area contributed by atoms with Crippen LogP contribution in [0, 0.1) is 11.3 Å². The van der Waals surface area contributed by atoms with E-state index in [0.717, 1.165) is 5.56 Å². The maximum atomic E-state index is 8.42. The number of rotatable bonds is 1. The zero-order chi connectivity index (χ0) is 8.27. The Kier molecular flexibility index (Phi) is 4.27. The number of aromatic nitrogens is 1. The van der Waals surface area contributed by atoms with Crippen LogP contribution in [0.25, 0.3) is 0 Å². The van der Waals surface area contributed by atoms with Crippen molar-refractivity contribution < 1.29 is 0 Å². The van der Waals surface area contributed by atoms with Gasteiger partial charge in [-0.1, -0.05) is 6.07 Å². The van der Waals surface area contributed by atoms with E-state index in [1.54, 1.807) is 12.3 Å². The first kappa shape index (κ1) is 10.9. The Balaban J connectivity index is 0.00000121. The van der Waals surface area contributed by atoms with Crippen LogP contribution in [-0.4, -0.2) is 4.98 Å². The van der Waals surface area contributed by atoms with Crippen molar-refractivity contribution in [3.63, 3.8) is 0 Å². The molecular weight excluding hydrogens is 174 g/mol. The average molecular weight is 184 g/mol. The number of nitrogens with two attached hydrogens (primary N) is 1. The van der Waals surface area contributed by atoms with Crippen molar-refractivity contribution in [1.29, 1.82) is 5.26 Å². The van der Waals surface area contributed by atoms with Crippen LogP contribution in [-0.2, 0) is 0 Å². The second kappa shape index (κ2) is 4.70. The smallest absolute Gasteiger partial charge is 0.140 e. The van der Waals surface area contributed by atoms with Gasteiger partial charge in [-0.2, -0.15) is 5.26 Å². The fourth-order valence-corrected chi connectivity index (χ4v) is 0.741. The van der Waals surface area contributed by atoms with Gasteiger partial charge in [0.15, 0.2) is 0 Å². The third kappa shape index (κ3) is 2.50. The van der Waals surface area contributed by atoms with Crippen LogP contribution in [0.5, 0.6) is 0 Å². The van der Waals surface area contributed by atoms with Crippen molar-refractivity contribution in [3.8, 4) is 6.07 Å². The van der Waals surface area contributed by atoms with Gasteiger partial charge in [-0.05, 0) is 18.6 Å². The first-order valence-electron chi connectivity index (χ1n) is 3.35. The van der Waals surface area contributed by atoms with E-state index >= 15 is 0 Å². The highest BCUT2D eigenvalue weighted by Crippen LogP contribution is 2.06. The number of nitrogens with zero attached hydrogens (tertiary/aromatic N) is 2. The quantitative estimate of drug-likeness (QED) is 0.716. The van der Waals surface area contributed by atoms with Gasteiger partial charge in [0.1, 0.15) is 11.8 Å². The van der Waals surface area contributed by atoms with Crippen molar-refractivity contribution in [2.45, 2.75) is 13.0 Å². The predicted octanol–water partition coefficient (Wildman–Crippen LogP) is 1.39. The molecular formula is C8H10ClN3. The number of halogens is 1. The number of nitriles is 1. The molecule has 0 aliphatic carbocycles. The summed E-state index contributed by atoms with van der Waals surface area (Å²) < 4.78 is 0. The summed E-state index contributed by atoms with van der Waals surface area (Å²) in [5.41, 5.74) is 6.96. The van der Waals surface area contributed by atoms with Crippen LogP contribution in [0.4, 0.5) is 0 Å². The molecule has 0 bridgehead atoms. The topological polar surface area (TPSA) is 62.7 Å². The van der Waals surface area contributed by atoms with Crippen LogP contribution < -0.4 is 5.73 Å². The Labute approximate surface area is 77.6 Å². The maximum Gasteiger partial charge on any atom is 0.140 e. The third-order valence-corrected chi connectivity index (χ3v) is 1.43. The molecule has 12 heavy (non-hydrogen) atoms. The summed E-state index contributed by atoms with van der Waals surface area (Å²) in [6, 6.07) is 5.40. The summed E-state index contributed by atoms with van der Waals surface area (Å²) in [7, 11) is 0. The summed E-state index contributed by atoms with van der Waals surface area (Å²) in [4.78, 5) is 3.88. The lowest BCUT2D eigenvalue weighted by atomic mass is 10.1. The molecule has 0 radical (unpaired) electrons. The molecule has 0 aliphatic heterocycles. The van der Waals surface area contributed by atoms with E-state index in [4.69, 9.17) is 11.0 Å². The van der Waals surface area contributed by atoms with Crippen molar-refractivity contribution in [2.75, 3.05) is 0 Å². The lowest BCUT2D eigenvalue weighted by Crippen LogP contribution is -2.05. The first-order chi connectivity index (χ1) is 5.24. The minimum Gasteiger partial charge on any atom is -0.324 e. The van der Waals surface area contributed by atoms with Crippen LogP contribution in [0.15, 0.2) is 18.3 Å². The highest BCUT2D eigenvalue weighted by atomic mass is 35.5. The van der Waals surface area contributed by atoms with E-state index in [9.17, 15) is 0 Å². The lowest BCUT2D eigenvalue weighted by molar-refractivity contribution is 0.811. The van der Waals surface area contributed by atoms with Gasteiger partial charge in [0.25, 0.3) is 0 Å². The lowest BCUT2D eigenvalue weighted by Gasteiger charge is -2.02. The molecule has 0 spiro atoms. The fraction of sp³-hybridized carbons (Fsp3) is 0.250. The average Bonchev–Trinajstić information content (AvgIpc) is 2.05. The summed E-state index contributed by atoms with van der Waals surface area (Å²) >= 11 is 0. The highest BCUT2D eigenvalue weighted by Gasteiger charge is 1.98. The fourth-order valence-electron chi connectivity index (χ4n) is 0.741. The molecule has 4 heteroatoms. The van der Waals surface area contributed by atoms with Gasteiger partial charge in [-0.15, -0.1) is 12.4 Å². The molecule has 1 heterocycles. The highest BCUT2D eigenvalue weighted by molar-refractivity contribution is 5.85.